The zero-order valence-electron chi connectivity index (χ0n) is 14.2. The van der Waals surface area contributed by atoms with Crippen LogP contribution in [0.1, 0.15) is 18.1 Å². The number of benzene rings is 2. The first-order valence-corrected chi connectivity index (χ1v) is 9.22. The monoisotopic (exact) mass is 364 g/mol. The van der Waals surface area contributed by atoms with Crippen LogP contribution in [-0.4, -0.2) is 21.6 Å². The van der Waals surface area contributed by atoms with Gasteiger partial charge in [-0.25, -0.2) is 0 Å². The van der Waals surface area contributed by atoms with Gasteiger partial charge in [-0.2, -0.15) is 5.26 Å². The van der Waals surface area contributed by atoms with Gasteiger partial charge in [-0.05, 0) is 42.8 Å². The van der Waals surface area contributed by atoms with Crippen molar-refractivity contribution in [1.29, 1.82) is 5.26 Å². The Hall–Kier alpha value is -2.98. The van der Waals surface area contributed by atoms with Gasteiger partial charge in [0.15, 0.2) is 22.5 Å². The molecule has 0 spiro atoms. The molecule has 3 aromatic rings. The quantitative estimate of drug-likeness (QED) is 0.640. The lowest BCUT2D eigenvalue weighted by Gasteiger charge is -2.08. The Kier molecular flexibility index (Phi) is 4.50. The third-order valence-corrected chi connectivity index (χ3v) is 5.15. The molecule has 0 N–H and O–H groups in total. The van der Waals surface area contributed by atoms with E-state index in [4.69, 9.17) is 14.7 Å². The highest BCUT2D eigenvalue weighted by Gasteiger charge is 2.18. The Bertz CT molecular complexity index is 976. The summed E-state index contributed by atoms with van der Waals surface area (Å²) in [5.41, 5.74) is 2.76. The molecule has 7 heteroatoms. The van der Waals surface area contributed by atoms with E-state index in [-0.39, 0.29) is 6.79 Å². The first kappa shape index (κ1) is 16.5. The van der Waals surface area contributed by atoms with E-state index in [9.17, 15) is 0 Å². The number of hydrogen-bond acceptors (Lipinski definition) is 6. The minimum absolute atomic E-state index is 0.255. The van der Waals surface area contributed by atoms with Crippen molar-refractivity contribution >= 4 is 11.8 Å². The number of rotatable bonds is 5. The van der Waals surface area contributed by atoms with E-state index < -0.39 is 0 Å². The number of ether oxygens (including phenoxy) is 2. The van der Waals surface area contributed by atoms with E-state index in [1.165, 1.54) is 0 Å². The predicted octanol–water partition coefficient (Wildman–Crippen LogP) is 3.86. The minimum atomic E-state index is 0.255. The van der Waals surface area contributed by atoms with Crippen LogP contribution >= 0.6 is 11.8 Å². The van der Waals surface area contributed by atoms with Crippen molar-refractivity contribution in [1.82, 2.24) is 14.8 Å². The summed E-state index contributed by atoms with van der Waals surface area (Å²) in [5.74, 6) is 3.07. The molecule has 0 fully saturated rings. The van der Waals surface area contributed by atoms with Crippen molar-refractivity contribution in [2.75, 3.05) is 6.79 Å². The van der Waals surface area contributed by atoms with Crippen molar-refractivity contribution in [3.8, 4) is 29.0 Å². The maximum Gasteiger partial charge on any atom is 0.231 e. The average molecular weight is 364 g/mol. The standard InChI is InChI=1S/C19H16N4O2S/c1-2-23-18(15-7-8-16-17(9-15)25-12-24-16)21-22-19(23)26-11-14-5-3-13(10-20)4-6-14/h3-9H,2,11-12H2,1H3. The fourth-order valence-corrected chi connectivity index (χ4v) is 3.71. The summed E-state index contributed by atoms with van der Waals surface area (Å²) in [6.07, 6.45) is 0. The molecule has 1 aliphatic rings. The molecule has 6 nitrogen and oxygen atoms in total. The number of thioether (sulfide) groups is 1. The molecule has 0 aliphatic carbocycles. The van der Waals surface area contributed by atoms with E-state index in [0.717, 1.165) is 45.9 Å². The lowest BCUT2D eigenvalue weighted by Crippen LogP contribution is -2.00. The van der Waals surface area contributed by atoms with Crippen LogP contribution in [0.2, 0.25) is 0 Å². The number of fused-ring (bicyclic) bond motifs is 1. The lowest BCUT2D eigenvalue weighted by atomic mass is 10.2. The van der Waals surface area contributed by atoms with Crippen molar-refractivity contribution < 1.29 is 9.47 Å². The second-order valence-corrected chi connectivity index (χ2v) is 6.66. The highest BCUT2D eigenvalue weighted by atomic mass is 32.2. The minimum Gasteiger partial charge on any atom is -0.454 e. The Morgan fingerprint density at radius 2 is 1.92 bits per heavy atom. The van der Waals surface area contributed by atoms with Gasteiger partial charge in [0, 0.05) is 17.9 Å². The molecule has 2 aromatic carbocycles. The van der Waals surface area contributed by atoms with Gasteiger partial charge < -0.3 is 14.0 Å². The Balaban J connectivity index is 1.55. The van der Waals surface area contributed by atoms with Gasteiger partial charge in [0.05, 0.1) is 11.6 Å². The van der Waals surface area contributed by atoms with Gasteiger partial charge in [-0.1, -0.05) is 23.9 Å². The molecule has 2 heterocycles. The molecule has 0 atom stereocenters. The van der Waals surface area contributed by atoms with Gasteiger partial charge in [0.2, 0.25) is 6.79 Å². The number of aromatic nitrogens is 3. The van der Waals surface area contributed by atoms with Crippen LogP contribution in [0.25, 0.3) is 11.4 Å². The number of hydrogen-bond donors (Lipinski definition) is 0. The third kappa shape index (κ3) is 3.11. The van der Waals surface area contributed by atoms with Crippen LogP contribution in [0.5, 0.6) is 11.5 Å². The highest BCUT2D eigenvalue weighted by molar-refractivity contribution is 7.98. The summed E-state index contributed by atoms with van der Waals surface area (Å²) < 4.78 is 12.9. The molecule has 0 saturated heterocycles. The molecular weight excluding hydrogens is 348 g/mol. The topological polar surface area (TPSA) is 73.0 Å². The molecule has 1 aliphatic heterocycles. The van der Waals surface area contributed by atoms with Gasteiger partial charge in [0.25, 0.3) is 0 Å². The molecular formula is C19H16N4O2S. The van der Waals surface area contributed by atoms with Crippen LogP contribution in [-0.2, 0) is 12.3 Å². The SMILES string of the molecule is CCn1c(SCc2ccc(C#N)cc2)nnc1-c1ccc2c(c1)OCO2. The van der Waals surface area contributed by atoms with E-state index in [1.54, 1.807) is 11.8 Å². The molecule has 0 amide bonds. The van der Waals surface area contributed by atoms with Crippen molar-refractivity contribution in [3.63, 3.8) is 0 Å². The Labute approximate surface area is 155 Å². The molecule has 0 bridgehead atoms. The van der Waals surface area contributed by atoms with E-state index >= 15 is 0 Å². The van der Waals surface area contributed by atoms with Gasteiger partial charge in [-0.15, -0.1) is 10.2 Å². The summed E-state index contributed by atoms with van der Waals surface area (Å²) >= 11 is 1.63. The summed E-state index contributed by atoms with van der Waals surface area (Å²) in [6, 6.07) is 15.5. The van der Waals surface area contributed by atoms with Gasteiger partial charge in [0.1, 0.15) is 0 Å². The molecule has 1 aromatic heterocycles. The Morgan fingerprint density at radius 1 is 1.12 bits per heavy atom. The molecule has 130 valence electrons. The van der Waals surface area contributed by atoms with Crippen LogP contribution in [0.15, 0.2) is 47.6 Å². The second-order valence-electron chi connectivity index (χ2n) is 5.72. The highest BCUT2D eigenvalue weighted by Crippen LogP contribution is 2.36. The zero-order chi connectivity index (χ0) is 17.9. The summed E-state index contributed by atoms with van der Waals surface area (Å²) in [4.78, 5) is 0. The summed E-state index contributed by atoms with van der Waals surface area (Å²) in [6.45, 7) is 3.10. The number of nitrogens with zero attached hydrogens (tertiary/aromatic N) is 4. The fraction of sp³-hybridized carbons (Fsp3) is 0.211. The molecule has 4 rings (SSSR count). The maximum absolute atomic E-state index is 8.88. The van der Waals surface area contributed by atoms with Crippen molar-refractivity contribution in [2.45, 2.75) is 24.4 Å². The Morgan fingerprint density at radius 3 is 2.69 bits per heavy atom. The van der Waals surface area contributed by atoms with Crippen LogP contribution in [0, 0.1) is 11.3 Å². The van der Waals surface area contributed by atoms with Crippen molar-refractivity contribution in [2.24, 2.45) is 0 Å². The van der Waals surface area contributed by atoms with Crippen LogP contribution in [0.3, 0.4) is 0 Å². The first-order valence-electron chi connectivity index (χ1n) is 8.23. The smallest absolute Gasteiger partial charge is 0.231 e. The molecule has 0 radical (unpaired) electrons. The number of nitriles is 1. The third-order valence-electron chi connectivity index (χ3n) is 4.11. The van der Waals surface area contributed by atoms with Crippen LogP contribution in [0.4, 0.5) is 0 Å². The molecule has 0 saturated carbocycles. The van der Waals surface area contributed by atoms with Gasteiger partial charge in [-0.3, -0.25) is 0 Å². The summed E-state index contributed by atoms with van der Waals surface area (Å²) in [5, 5.41) is 18.5. The lowest BCUT2D eigenvalue weighted by molar-refractivity contribution is 0.174. The normalized spacial score (nSPS) is 12.2. The van der Waals surface area contributed by atoms with Crippen LogP contribution < -0.4 is 9.47 Å². The largest absolute Gasteiger partial charge is 0.454 e. The zero-order valence-corrected chi connectivity index (χ0v) is 15.0. The second kappa shape index (κ2) is 7.10. The average Bonchev–Trinajstić information content (AvgIpc) is 3.32. The summed E-state index contributed by atoms with van der Waals surface area (Å²) in [7, 11) is 0. The molecule has 26 heavy (non-hydrogen) atoms. The first-order chi connectivity index (χ1) is 12.8. The fourth-order valence-electron chi connectivity index (χ4n) is 2.75. The van der Waals surface area contributed by atoms with E-state index in [1.807, 2.05) is 42.5 Å². The molecule has 0 unspecified atom stereocenters. The maximum atomic E-state index is 8.88. The van der Waals surface area contributed by atoms with E-state index in [2.05, 4.69) is 27.8 Å². The van der Waals surface area contributed by atoms with E-state index in [0.29, 0.717) is 5.56 Å². The van der Waals surface area contributed by atoms with Crippen molar-refractivity contribution in [3.05, 3.63) is 53.6 Å². The predicted molar refractivity (Wildman–Crippen MR) is 98.0 cm³/mol. The van der Waals surface area contributed by atoms with Gasteiger partial charge >= 0.3 is 0 Å².